The zero-order chi connectivity index (χ0) is 12.3. The number of benzene rings is 1. The first-order valence-corrected chi connectivity index (χ1v) is 5.67. The van der Waals surface area contributed by atoms with E-state index in [0.29, 0.717) is 19.7 Å². The maximum Gasteiger partial charge on any atom is 0.159 e. The average molecular weight is 315 g/mol. The van der Waals surface area contributed by atoms with E-state index >= 15 is 0 Å². The van der Waals surface area contributed by atoms with Gasteiger partial charge in [0.15, 0.2) is 11.6 Å². The highest BCUT2D eigenvalue weighted by Gasteiger charge is 2.19. The van der Waals surface area contributed by atoms with Crippen molar-refractivity contribution >= 4 is 24.8 Å². The predicted molar refractivity (Wildman–Crippen MR) is 74.9 cm³/mol. The second-order valence-electron chi connectivity index (χ2n) is 4.21. The molecule has 110 valence electrons. The van der Waals surface area contributed by atoms with E-state index in [2.05, 4.69) is 4.90 Å². The third-order valence-corrected chi connectivity index (χ3v) is 2.88. The molecule has 1 aromatic carbocycles. The van der Waals surface area contributed by atoms with Gasteiger partial charge in [0.1, 0.15) is 0 Å². The lowest BCUT2D eigenvalue weighted by molar-refractivity contribution is -0.0260. The van der Waals surface area contributed by atoms with Gasteiger partial charge >= 0.3 is 0 Å². The first-order valence-electron chi connectivity index (χ1n) is 5.67. The van der Waals surface area contributed by atoms with E-state index in [1.54, 1.807) is 6.07 Å². The molecule has 0 radical (unpaired) electrons. The monoisotopic (exact) mass is 314 g/mol. The van der Waals surface area contributed by atoms with Crippen molar-refractivity contribution in [3.8, 4) is 0 Å². The molecule has 1 fully saturated rings. The van der Waals surface area contributed by atoms with Crippen LogP contribution in [0.3, 0.4) is 0 Å². The summed E-state index contributed by atoms with van der Waals surface area (Å²) < 4.78 is 31.2. The van der Waals surface area contributed by atoms with E-state index in [1.807, 2.05) is 0 Å². The number of hydrogen-bond donors (Lipinski definition) is 1. The van der Waals surface area contributed by atoms with E-state index in [9.17, 15) is 8.78 Å². The fraction of sp³-hybridized carbons (Fsp3) is 0.500. The fourth-order valence-electron chi connectivity index (χ4n) is 1.96. The third kappa shape index (κ3) is 5.20. The van der Waals surface area contributed by atoms with Crippen molar-refractivity contribution in [3.63, 3.8) is 0 Å². The van der Waals surface area contributed by atoms with Gasteiger partial charge in [-0.3, -0.25) is 4.90 Å². The van der Waals surface area contributed by atoms with Crippen molar-refractivity contribution in [3.05, 3.63) is 35.4 Å². The molecule has 7 heteroatoms. The molecule has 1 atom stereocenters. The van der Waals surface area contributed by atoms with Gasteiger partial charge in [0.2, 0.25) is 0 Å². The summed E-state index contributed by atoms with van der Waals surface area (Å²) in [5.41, 5.74) is 6.31. The first kappa shape index (κ1) is 18.5. The summed E-state index contributed by atoms with van der Waals surface area (Å²) in [6.45, 7) is 3.22. The van der Waals surface area contributed by atoms with Gasteiger partial charge in [-0.05, 0) is 17.7 Å². The molecule has 0 spiro atoms. The highest BCUT2D eigenvalue weighted by molar-refractivity contribution is 5.85. The minimum absolute atomic E-state index is 0. The summed E-state index contributed by atoms with van der Waals surface area (Å²) in [7, 11) is 0. The lowest BCUT2D eigenvalue weighted by Gasteiger charge is -2.32. The highest BCUT2D eigenvalue weighted by atomic mass is 35.5. The Morgan fingerprint density at radius 3 is 2.63 bits per heavy atom. The van der Waals surface area contributed by atoms with E-state index in [-0.39, 0.29) is 30.9 Å². The fourth-order valence-corrected chi connectivity index (χ4v) is 1.96. The Labute approximate surface area is 123 Å². The molecular weight excluding hydrogens is 297 g/mol. The summed E-state index contributed by atoms with van der Waals surface area (Å²) in [4.78, 5) is 2.13. The number of nitrogens with two attached hydrogens (primary N) is 1. The Bertz CT molecular complexity index is 396. The van der Waals surface area contributed by atoms with E-state index in [0.717, 1.165) is 24.7 Å². The van der Waals surface area contributed by atoms with Crippen LogP contribution in [0.2, 0.25) is 0 Å². The van der Waals surface area contributed by atoms with Crippen molar-refractivity contribution in [1.29, 1.82) is 0 Å². The molecule has 1 aliphatic rings. The molecule has 1 aromatic rings. The predicted octanol–water partition coefficient (Wildman–Crippen LogP) is 1.97. The molecule has 0 saturated carbocycles. The summed E-state index contributed by atoms with van der Waals surface area (Å²) in [5.74, 6) is -1.61. The minimum Gasteiger partial charge on any atom is -0.374 e. The Morgan fingerprint density at radius 1 is 1.26 bits per heavy atom. The number of halogens is 4. The summed E-state index contributed by atoms with van der Waals surface area (Å²) >= 11 is 0. The van der Waals surface area contributed by atoms with Crippen molar-refractivity contribution in [2.75, 3.05) is 26.2 Å². The summed E-state index contributed by atoms with van der Waals surface area (Å²) in [6, 6.07) is 4.00. The van der Waals surface area contributed by atoms with Crippen LogP contribution >= 0.6 is 24.8 Å². The molecule has 0 unspecified atom stereocenters. The van der Waals surface area contributed by atoms with Crippen molar-refractivity contribution < 1.29 is 13.5 Å². The standard InChI is InChI=1S/C12H16F2N2O.2ClH/c13-11-2-1-9(5-12(11)14)7-16-3-4-17-10(6-15)8-16;;/h1-2,5,10H,3-4,6-8,15H2;2*1H/t10-;;/m0../s1. The van der Waals surface area contributed by atoms with Crippen molar-refractivity contribution in [2.45, 2.75) is 12.6 Å². The topological polar surface area (TPSA) is 38.5 Å². The summed E-state index contributed by atoms with van der Waals surface area (Å²) in [6.07, 6.45) is 0.0362. The van der Waals surface area contributed by atoms with Crippen LogP contribution in [0.5, 0.6) is 0 Å². The summed E-state index contributed by atoms with van der Waals surface area (Å²) in [5, 5.41) is 0. The van der Waals surface area contributed by atoms with E-state index in [4.69, 9.17) is 10.5 Å². The van der Waals surface area contributed by atoms with Crippen LogP contribution in [-0.4, -0.2) is 37.2 Å². The van der Waals surface area contributed by atoms with Gasteiger partial charge < -0.3 is 10.5 Å². The van der Waals surface area contributed by atoms with Gasteiger partial charge in [0.05, 0.1) is 12.7 Å². The zero-order valence-electron chi connectivity index (χ0n) is 10.4. The van der Waals surface area contributed by atoms with Gasteiger partial charge in [0.25, 0.3) is 0 Å². The van der Waals surface area contributed by atoms with Gasteiger partial charge in [-0.2, -0.15) is 0 Å². The van der Waals surface area contributed by atoms with Crippen LogP contribution in [0.1, 0.15) is 5.56 Å². The largest absolute Gasteiger partial charge is 0.374 e. The minimum atomic E-state index is -0.810. The molecule has 19 heavy (non-hydrogen) atoms. The van der Waals surface area contributed by atoms with Crippen molar-refractivity contribution in [2.24, 2.45) is 5.73 Å². The Balaban J connectivity index is 0.00000162. The molecule has 0 aromatic heterocycles. The lowest BCUT2D eigenvalue weighted by Crippen LogP contribution is -2.45. The van der Waals surface area contributed by atoms with Gasteiger partial charge in [-0.25, -0.2) is 8.78 Å². The van der Waals surface area contributed by atoms with Crippen LogP contribution in [0.15, 0.2) is 18.2 Å². The highest BCUT2D eigenvalue weighted by Crippen LogP contribution is 2.13. The van der Waals surface area contributed by atoms with Crippen LogP contribution < -0.4 is 5.73 Å². The van der Waals surface area contributed by atoms with Gasteiger partial charge in [0, 0.05) is 26.2 Å². The molecule has 1 saturated heterocycles. The molecule has 2 rings (SSSR count). The normalized spacial score (nSPS) is 19.4. The molecule has 0 aliphatic carbocycles. The molecule has 1 aliphatic heterocycles. The van der Waals surface area contributed by atoms with E-state index < -0.39 is 11.6 Å². The van der Waals surface area contributed by atoms with Crippen LogP contribution in [-0.2, 0) is 11.3 Å². The number of morpholine rings is 1. The number of nitrogens with zero attached hydrogens (tertiary/aromatic N) is 1. The van der Waals surface area contributed by atoms with Gasteiger partial charge in [-0.15, -0.1) is 24.8 Å². The molecular formula is C12H18Cl2F2N2O. The van der Waals surface area contributed by atoms with Crippen LogP contribution in [0.25, 0.3) is 0 Å². The third-order valence-electron chi connectivity index (χ3n) is 2.88. The van der Waals surface area contributed by atoms with Crippen molar-refractivity contribution in [1.82, 2.24) is 4.90 Å². The SMILES string of the molecule is Cl.Cl.NC[C@H]1CN(Cc2ccc(F)c(F)c2)CCO1. The Kier molecular flexibility index (Phi) is 8.45. The number of hydrogen-bond acceptors (Lipinski definition) is 3. The second kappa shape index (κ2) is 8.66. The van der Waals surface area contributed by atoms with Crippen LogP contribution in [0.4, 0.5) is 8.78 Å². The zero-order valence-corrected chi connectivity index (χ0v) is 12.0. The first-order chi connectivity index (χ1) is 8.19. The number of ether oxygens (including phenoxy) is 1. The Hall–Kier alpha value is -0.460. The van der Waals surface area contributed by atoms with Crippen LogP contribution in [0, 0.1) is 11.6 Å². The maximum atomic E-state index is 13.0. The quantitative estimate of drug-likeness (QED) is 0.927. The smallest absolute Gasteiger partial charge is 0.159 e. The lowest BCUT2D eigenvalue weighted by atomic mass is 10.2. The van der Waals surface area contributed by atoms with E-state index in [1.165, 1.54) is 6.07 Å². The average Bonchev–Trinajstić information content (AvgIpc) is 2.34. The molecule has 2 N–H and O–H groups in total. The molecule has 3 nitrogen and oxygen atoms in total. The second-order valence-corrected chi connectivity index (χ2v) is 4.21. The molecule has 0 amide bonds. The maximum absolute atomic E-state index is 13.0. The van der Waals surface area contributed by atoms with Gasteiger partial charge in [-0.1, -0.05) is 6.07 Å². The Morgan fingerprint density at radius 2 is 2.00 bits per heavy atom. The molecule has 0 bridgehead atoms. The number of rotatable bonds is 3. The molecule has 1 heterocycles.